The SMILES string of the molecule is CCOC(=O)c1nc2c(F)cccn2c1Br. The summed E-state index contributed by atoms with van der Waals surface area (Å²) in [6.45, 7) is 1.95. The van der Waals surface area contributed by atoms with Gasteiger partial charge in [-0.25, -0.2) is 14.2 Å². The molecule has 0 aliphatic heterocycles. The van der Waals surface area contributed by atoms with Crippen LogP contribution in [0, 0.1) is 5.82 Å². The van der Waals surface area contributed by atoms with Gasteiger partial charge in [-0.1, -0.05) is 0 Å². The summed E-state index contributed by atoms with van der Waals surface area (Å²) in [7, 11) is 0. The second kappa shape index (κ2) is 4.21. The lowest BCUT2D eigenvalue weighted by molar-refractivity contribution is 0.0519. The van der Waals surface area contributed by atoms with E-state index in [0.717, 1.165) is 0 Å². The molecule has 0 N–H and O–H groups in total. The van der Waals surface area contributed by atoms with Gasteiger partial charge in [0, 0.05) is 6.20 Å². The standard InChI is InChI=1S/C10H8BrFN2O2/c1-2-16-10(15)7-8(11)14-5-3-4-6(12)9(14)13-7/h3-5H,2H2,1H3. The minimum atomic E-state index is -0.572. The molecule has 4 nitrogen and oxygen atoms in total. The van der Waals surface area contributed by atoms with Crippen LogP contribution in [-0.4, -0.2) is 22.0 Å². The molecule has 0 spiro atoms. The lowest BCUT2D eigenvalue weighted by Gasteiger charge is -1.97. The Kier molecular flexibility index (Phi) is 2.91. The molecule has 16 heavy (non-hydrogen) atoms. The first kappa shape index (κ1) is 11.1. The predicted octanol–water partition coefficient (Wildman–Crippen LogP) is 2.41. The van der Waals surface area contributed by atoms with Crippen LogP contribution in [-0.2, 0) is 4.74 Å². The summed E-state index contributed by atoms with van der Waals surface area (Å²) < 4.78 is 20.0. The molecule has 0 fully saturated rings. The highest BCUT2D eigenvalue weighted by Gasteiger charge is 2.19. The van der Waals surface area contributed by atoms with Gasteiger partial charge in [-0.15, -0.1) is 0 Å². The van der Waals surface area contributed by atoms with Crippen LogP contribution in [0.4, 0.5) is 4.39 Å². The largest absolute Gasteiger partial charge is 0.461 e. The van der Waals surface area contributed by atoms with Gasteiger partial charge in [0.25, 0.3) is 0 Å². The van der Waals surface area contributed by atoms with Crippen molar-refractivity contribution in [3.8, 4) is 0 Å². The van der Waals surface area contributed by atoms with Crippen LogP contribution < -0.4 is 0 Å². The Morgan fingerprint density at radius 1 is 1.69 bits per heavy atom. The summed E-state index contributed by atoms with van der Waals surface area (Å²) in [5, 5.41) is 0. The van der Waals surface area contributed by atoms with Gasteiger partial charge in [0.2, 0.25) is 0 Å². The van der Waals surface area contributed by atoms with E-state index in [-0.39, 0.29) is 17.9 Å². The summed E-state index contributed by atoms with van der Waals surface area (Å²) >= 11 is 3.19. The molecule has 0 aliphatic carbocycles. The predicted molar refractivity (Wildman–Crippen MR) is 58.8 cm³/mol. The van der Waals surface area contributed by atoms with Crippen molar-refractivity contribution < 1.29 is 13.9 Å². The van der Waals surface area contributed by atoms with Gasteiger partial charge in [0.1, 0.15) is 4.60 Å². The van der Waals surface area contributed by atoms with Gasteiger partial charge in [-0.05, 0) is 35.0 Å². The van der Waals surface area contributed by atoms with Crippen LogP contribution in [0.1, 0.15) is 17.4 Å². The minimum Gasteiger partial charge on any atom is -0.461 e. The van der Waals surface area contributed by atoms with E-state index in [2.05, 4.69) is 20.9 Å². The van der Waals surface area contributed by atoms with E-state index < -0.39 is 11.8 Å². The Morgan fingerprint density at radius 3 is 3.06 bits per heavy atom. The zero-order valence-electron chi connectivity index (χ0n) is 8.41. The van der Waals surface area contributed by atoms with E-state index in [0.29, 0.717) is 4.60 Å². The quantitative estimate of drug-likeness (QED) is 0.797. The first-order valence-corrected chi connectivity index (χ1v) is 5.43. The molecular weight excluding hydrogens is 279 g/mol. The van der Waals surface area contributed by atoms with Crippen LogP contribution >= 0.6 is 15.9 Å². The number of rotatable bonds is 2. The molecule has 2 aromatic rings. The van der Waals surface area contributed by atoms with E-state index in [1.807, 2.05) is 0 Å². The molecular formula is C10H8BrFN2O2. The Morgan fingerprint density at radius 2 is 2.44 bits per heavy atom. The Labute approximate surface area is 99.2 Å². The van der Waals surface area contributed by atoms with Crippen molar-refractivity contribution in [2.45, 2.75) is 6.92 Å². The summed E-state index contributed by atoms with van der Waals surface area (Å²) in [6.07, 6.45) is 1.61. The fraction of sp³-hybridized carbons (Fsp3) is 0.200. The van der Waals surface area contributed by atoms with Gasteiger partial charge in [0.15, 0.2) is 17.2 Å². The van der Waals surface area contributed by atoms with Crippen molar-refractivity contribution in [1.29, 1.82) is 0 Å². The lowest BCUT2D eigenvalue weighted by atomic mass is 10.4. The number of carbonyl (C=O) groups is 1. The number of pyridine rings is 1. The molecule has 2 rings (SSSR count). The maximum atomic E-state index is 13.4. The summed E-state index contributed by atoms with van der Waals surface area (Å²) in [5.41, 5.74) is 0.171. The van der Waals surface area contributed by atoms with Crippen molar-refractivity contribution in [2.75, 3.05) is 6.61 Å². The first-order chi connectivity index (χ1) is 7.65. The maximum Gasteiger partial charge on any atom is 0.359 e. The molecule has 0 atom stereocenters. The molecule has 0 amide bonds. The second-order valence-corrected chi connectivity index (χ2v) is 3.77. The highest BCUT2D eigenvalue weighted by atomic mass is 79.9. The van der Waals surface area contributed by atoms with E-state index in [9.17, 15) is 9.18 Å². The fourth-order valence-electron chi connectivity index (χ4n) is 1.33. The lowest BCUT2D eigenvalue weighted by Crippen LogP contribution is -2.05. The number of imidazole rings is 1. The number of carbonyl (C=O) groups excluding carboxylic acids is 1. The van der Waals surface area contributed by atoms with E-state index >= 15 is 0 Å². The monoisotopic (exact) mass is 286 g/mol. The van der Waals surface area contributed by atoms with Gasteiger partial charge in [0.05, 0.1) is 6.61 Å². The average Bonchev–Trinajstić information content (AvgIpc) is 2.59. The number of hydrogen-bond acceptors (Lipinski definition) is 3. The Bertz CT molecular complexity index is 553. The van der Waals surface area contributed by atoms with Gasteiger partial charge in [-0.3, -0.25) is 4.40 Å². The smallest absolute Gasteiger partial charge is 0.359 e. The topological polar surface area (TPSA) is 43.6 Å². The molecule has 0 radical (unpaired) electrons. The first-order valence-electron chi connectivity index (χ1n) is 4.64. The third kappa shape index (κ3) is 1.69. The summed E-state index contributed by atoms with van der Waals surface area (Å²) in [5.74, 6) is -1.06. The van der Waals surface area contributed by atoms with Crippen LogP contribution in [0.15, 0.2) is 22.9 Å². The van der Waals surface area contributed by atoms with Crippen molar-refractivity contribution in [3.63, 3.8) is 0 Å². The van der Waals surface area contributed by atoms with E-state index in [1.54, 1.807) is 13.1 Å². The minimum absolute atomic E-state index is 0.0759. The van der Waals surface area contributed by atoms with Gasteiger partial charge in [-0.2, -0.15) is 0 Å². The maximum absolute atomic E-state index is 13.4. The summed E-state index contributed by atoms with van der Waals surface area (Å²) in [4.78, 5) is 15.4. The number of esters is 1. The molecule has 2 aromatic heterocycles. The Hall–Kier alpha value is -1.43. The molecule has 6 heteroatoms. The molecule has 0 aromatic carbocycles. The number of halogens is 2. The van der Waals surface area contributed by atoms with Crippen LogP contribution in [0.5, 0.6) is 0 Å². The van der Waals surface area contributed by atoms with Crippen LogP contribution in [0.25, 0.3) is 5.65 Å². The van der Waals surface area contributed by atoms with Crippen molar-refractivity contribution in [3.05, 3.63) is 34.4 Å². The molecule has 0 unspecified atom stereocenters. The van der Waals surface area contributed by atoms with E-state index in [1.165, 1.54) is 16.5 Å². The molecule has 84 valence electrons. The number of nitrogens with zero attached hydrogens (tertiary/aromatic N) is 2. The highest BCUT2D eigenvalue weighted by Crippen LogP contribution is 2.21. The number of aromatic nitrogens is 2. The van der Waals surface area contributed by atoms with Crippen LogP contribution in [0.2, 0.25) is 0 Å². The van der Waals surface area contributed by atoms with Crippen molar-refractivity contribution in [1.82, 2.24) is 9.38 Å². The fourth-order valence-corrected chi connectivity index (χ4v) is 1.87. The zero-order chi connectivity index (χ0) is 11.7. The van der Waals surface area contributed by atoms with Gasteiger partial charge >= 0.3 is 5.97 Å². The van der Waals surface area contributed by atoms with Gasteiger partial charge < -0.3 is 4.74 Å². The molecule has 0 saturated heterocycles. The molecule has 2 heterocycles. The third-order valence-corrected chi connectivity index (χ3v) is 2.77. The van der Waals surface area contributed by atoms with E-state index in [4.69, 9.17) is 4.74 Å². The molecule has 0 bridgehead atoms. The zero-order valence-corrected chi connectivity index (χ0v) is 9.99. The number of hydrogen-bond donors (Lipinski definition) is 0. The van der Waals surface area contributed by atoms with Crippen molar-refractivity contribution in [2.24, 2.45) is 0 Å². The van der Waals surface area contributed by atoms with Crippen molar-refractivity contribution >= 4 is 27.5 Å². The third-order valence-electron chi connectivity index (χ3n) is 2.01. The number of ether oxygens (including phenoxy) is 1. The number of fused-ring (bicyclic) bond motifs is 1. The van der Waals surface area contributed by atoms with Crippen LogP contribution in [0.3, 0.4) is 0 Å². The second-order valence-electron chi connectivity index (χ2n) is 3.02. The normalized spacial score (nSPS) is 10.7. The molecule has 0 aliphatic rings. The molecule has 0 saturated carbocycles. The summed E-state index contributed by atoms with van der Waals surface area (Å²) in [6, 6.07) is 2.81. The highest BCUT2D eigenvalue weighted by molar-refractivity contribution is 9.10. The average molecular weight is 287 g/mol. The Balaban J connectivity index is 2.60.